The molecule has 2 N–H and O–H groups in total. The van der Waals surface area contributed by atoms with E-state index >= 15 is 0 Å². The molecule has 1 aromatic rings. The molecule has 1 rings (SSSR count). The summed E-state index contributed by atoms with van der Waals surface area (Å²) < 4.78 is 1.67. The van der Waals surface area contributed by atoms with Crippen LogP contribution in [-0.2, 0) is 4.79 Å². The molecule has 0 bridgehead atoms. The van der Waals surface area contributed by atoms with Gasteiger partial charge in [-0.15, -0.1) is 0 Å². The van der Waals surface area contributed by atoms with Crippen molar-refractivity contribution in [3.63, 3.8) is 0 Å². The fraction of sp³-hybridized carbons (Fsp3) is 0.692. The van der Waals surface area contributed by atoms with Crippen LogP contribution in [0.5, 0.6) is 0 Å². The predicted molar refractivity (Wildman–Crippen MR) is 72.0 cm³/mol. The maximum absolute atomic E-state index is 12.1. The van der Waals surface area contributed by atoms with Gasteiger partial charge in [0.2, 0.25) is 5.91 Å². The van der Waals surface area contributed by atoms with Crippen LogP contribution in [0.1, 0.15) is 33.2 Å². The molecular weight excluding hydrogens is 228 g/mol. The average molecular weight is 252 g/mol. The zero-order valence-corrected chi connectivity index (χ0v) is 11.7. The van der Waals surface area contributed by atoms with Gasteiger partial charge in [0, 0.05) is 32.0 Å². The van der Waals surface area contributed by atoms with Crippen molar-refractivity contribution in [2.75, 3.05) is 13.6 Å². The molecule has 102 valence electrons. The Bertz CT molecular complexity index is 361. The van der Waals surface area contributed by atoms with Crippen molar-refractivity contribution in [2.45, 2.75) is 39.3 Å². The van der Waals surface area contributed by atoms with Gasteiger partial charge in [-0.3, -0.25) is 9.48 Å². The Morgan fingerprint density at radius 3 is 2.61 bits per heavy atom. The smallest absolute Gasteiger partial charge is 0.246 e. The summed E-state index contributed by atoms with van der Waals surface area (Å²) in [5, 5.41) is 4.09. The van der Waals surface area contributed by atoms with Gasteiger partial charge >= 0.3 is 0 Å². The molecular formula is C13H24N4O. The largest absolute Gasteiger partial charge is 0.344 e. The summed E-state index contributed by atoms with van der Waals surface area (Å²) in [4.78, 5) is 13.9. The van der Waals surface area contributed by atoms with Crippen LogP contribution in [0, 0.1) is 5.92 Å². The molecule has 18 heavy (non-hydrogen) atoms. The van der Waals surface area contributed by atoms with Gasteiger partial charge in [-0.2, -0.15) is 5.10 Å². The Balaban J connectivity index is 2.46. The average Bonchev–Trinajstić information content (AvgIpc) is 2.87. The lowest BCUT2D eigenvalue weighted by Crippen LogP contribution is -2.37. The van der Waals surface area contributed by atoms with Gasteiger partial charge in [0.05, 0.1) is 0 Å². The SMILES string of the molecule is CC(C)C(N)CCN(C)C(=O)C(C)n1cccn1. The van der Waals surface area contributed by atoms with Gasteiger partial charge in [0.25, 0.3) is 0 Å². The quantitative estimate of drug-likeness (QED) is 0.829. The lowest BCUT2D eigenvalue weighted by atomic mass is 10.0. The molecule has 1 aromatic heterocycles. The number of rotatable bonds is 6. The van der Waals surface area contributed by atoms with Crippen LogP contribution < -0.4 is 5.73 Å². The minimum Gasteiger partial charge on any atom is -0.344 e. The van der Waals surface area contributed by atoms with E-state index in [9.17, 15) is 4.79 Å². The summed E-state index contributed by atoms with van der Waals surface area (Å²) in [6.45, 7) is 6.73. The highest BCUT2D eigenvalue weighted by atomic mass is 16.2. The van der Waals surface area contributed by atoms with Crippen molar-refractivity contribution < 1.29 is 4.79 Å². The van der Waals surface area contributed by atoms with Gasteiger partial charge in [-0.25, -0.2) is 0 Å². The Morgan fingerprint density at radius 2 is 2.11 bits per heavy atom. The zero-order chi connectivity index (χ0) is 13.7. The van der Waals surface area contributed by atoms with Gasteiger partial charge in [0.15, 0.2) is 0 Å². The van der Waals surface area contributed by atoms with E-state index in [1.807, 2.05) is 20.0 Å². The molecule has 0 radical (unpaired) electrons. The third kappa shape index (κ3) is 3.84. The molecule has 0 spiro atoms. The molecule has 1 amide bonds. The van der Waals surface area contributed by atoms with E-state index in [0.29, 0.717) is 12.5 Å². The molecule has 0 aliphatic carbocycles. The highest BCUT2D eigenvalue weighted by Crippen LogP contribution is 2.09. The summed E-state index contributed by atoms with van der Waals surface area (Å²) in [5.41, 5.74) is 5.98. The maximum Gasteiger partial charge on any atom is 0.246 e. The molecule has 0 saturated carbocycles. The number of nitrogens with zero attached hydrogens (tertiary/aromatic N) is 3. The van der Waals surface area contributed by atoms with Crippen LogP contribution in [0.15, 0.2) is 18.5 Å². The van der Waals surface area contributed by atoms with E-state index < -0.39 is 0 Å². The highest BCUT2D eigenvalue weighted by molar-refractivity contribution is 5.79. The molecule has 0 aliphatic heterocycles. The summed E-state index contributed by atoms with van der Waals surface area (Å²) in [6.07, 6.45) is 4.31. The van der Waals surface area contributed by atoms with E-state index in [1.165, 1.54) is 0 Å². The third-order valence-corrected chi connectivity index (χ3v) is 3.31. The van der Waals surface area contributed by atoms with Crippen LogP contribution in [0.3, 0.4) is 0 Å². The lowest BCUT2D eigenvalue weighted by molar-refractivity contribution is -0.133. The fourth-order valence-corrected chi connectivity index (χ4v) is 1.73. The van der Waals surface area contributed by atoms with Crippen molar-refractivity contribution >= 4 is 5.91 Å². The number of carbonyl (C=O) groups is 1. The van der Waals surface area contributed by atoms with Crippen LogP contribution in [0.25, 0.3) is 0 Å². The predicted octanol–water partition coefficient (Wildman–Crippen LogP) is 1.28. The van der Waals surface area contributed by atoms with Crippen LogP contribution in [0.2, 0.25) is 0 Å². The van der Waals surface area contributed by atoms with E-state index in [2.05, 4.69) is 18.9 Å². The van der Waals surface area contributed by atoms with E-state index in [-0.39, 0.29) is 18.0 Å². The first-order valence-electron chi connectivity index (χ1n) is 6.43. The molecule has 1 heterocycles. The summed E-state index contributed by atoms with van der Waals surface area (Å²) in [7, 11) is 1.81. The Hall–Kier alpha value is -1.36. The first-order chi connectivity index (χ1) is 8.43. The van der Waals surface area contributed by atoms with Crippen molar-refractivity contribution in [1.29, 1.82) is 0 Å². The number of carbonyl (C=O) groups excluding carboxylic acids is 1. The number of amides is 1. The Kier molecular flexibility index (Phi) is 5.34. The summed E-state index contributed by atoms with van der Waals surface area (Å²) in [6, 6.07) is 1.69. The summed E-state index contributed by atoms with van der Waals surface area (Å²) in [5.74, 6) is 0.506. The minimum absolute atomic E-state index is 0.0645. The minimum atomic E-state index is -0.264. The Labute approximate surface area is 109 Å². The van der Waals surface area contributed by atoms with Crippen molar-refractivity contribution in [2.24, 2.45) is 11.7 Å². The molecule has 0 aromatic carbocycles. The van der Waals surface area contributed by atoms with Crippen LogP contribution in [0.4, 0.5) is 0 Å². The van der Waals surface area contributed by atoms with Gasteiger partial charge < -0.3 is 10.6 Å². The van der Waals surface area contributed by atoms with Gasteiger partial charge in [-0.1, -0.05) is 13.8 Å². The molecule has 2 atom stereocenters. The van der Waals surface area contributed by atoms with Gasteiger partial charge in [0.1, 0.15) is 6.04 Å². The van der Waals surface area contributed by atoms with E-state index in [4.69, 9.17) is 5.73 Å². The number of aromatic nitrogens is 2. The summed E-state index contributed by atoms with van der Waals surface area (Å²) >= 11 is 0. The molecule has 2 unspecified atom stereocenters. The normalized spacial score (nSPS) is 14.6. The number of nitrogens with two attached hydrogens (primary N) is 1. The maximum atomic E-state index is 12.1. The van der Waals surface area contributed by atoms with Crippen LogP contribution >= 0.6 is 0 Å². The second-order valence-electron chi connectivity index (χ2n) is 5.12. The van der Waals surface area contributed by atoms with E-state index in [1.54, 1.807) is 22.0 Å². The van der Waals surface area contributed by atoms with Crippen molar-refractivity contribution in [1.82, 2.24) is 14.7 Å². The second kappa shape index (κ2) is 6.54. The topological polar surface area (TPSA) is 64.2 Å². The van der Waals surface area contributed by atoms with E-state index in [0.717, 1.165) is 6.42 Å². The standard InChI is InChI=1S/C13H24N4O/c1-10(2)12(14)6-9-16(4)13(18)11(3)17-8-5-7-15-17/h5,7-8,10-12H,6,9,14H2,1-4H3. The molecule has 0 aliphatic rings. The zero-order valence-electron chi connectivity index (χ0n) is 11.7. The first-order valence-corrected chi connectivity index (χ1v) is 6.43. The fourth-order valence-electron chi connectivity index (χ4n) is 1.73. The van der Waals surface area contributed by atoms with Crippen molar-refractivity contribution in [3.8, 4) is 0 Å². The first kappa shape index (κ1) is 14.7. The third-order valence-electron chi connectivity index (χ3n) is 3.31. The van der Waals surface area contributed by atoms with Crippen LogP contribution in [-0.4, -0.2) is 40.2 Å². The lowest BCUT2D eigenvalue weighted by Gasteiger charge is -2.24. The molecule has 0 saturated heterocycles. The molecule has 5 heteroatoms. The number of hydrogen-bond acceptors (Lipinski definition) is 3. The highest BCUT2D eigenvalue weighted by Gasteiger charge is 2.20. The Morgan fingerprint density at radius 1 is 1.44 bits per heavy atom. The molecule has 5 nitrogen and oxygen atoms in total. The monoisotopic (exact) mass is 252 g/mol. The van der Waals surface area contributed by atoms with Gasteiger partial charge in [-0.05, 0) is 25.3 Å². The van der Waals surface area contributed by atoms with Crippen molar-refractivity contribution in [3.05, 3.63) is 18.5 Å². The number of likely N-dealkylation sites (N-methyl/N-ethyl adjacent to an activating group) is 1. The second-order valence-corrected chi connectivity index (χ2v) is 5.12. The molecule has 0 fully saturated rings. The number of hydrogen-bond donors (Lipinski definition) is 1.